The summed E-state index contributed by atoms with van der Waals surface area (Å²) in [4.78, 5) is 21.1. The number of piperidine rings is 2. The summed E-state index contributed by atoms with van der Waals surface area (Å²) in [5.41, 5.74) is 0.189. The molecule has 1 amide bonds. The molecule has 1 atom stereocenters. The Morgan fingerprint density at radius 3 is 2.92 bits per heavy atom. The normalized spacial score (nSPS) is 24.5. The van der Waals surface area contributed by atoms with Gasteiger partial charge in [0, 0.05) is 52.3 Å². The van der Waals surface area contributed by atoms with Crippen molar-refractivity contribution in [3.63, 3.8) is 0 Å². The Morgan fingerprint density at radius 1 is 1.23 bits per heavy atom. The van der Waals surface area contributed by atoms with Gasteiger partial charge in [-0.15, -0.1) is 0 Å². The molecule has 8 heteroatoms. The van der Waals surface area contributed by atoms with Gasteiger partial charge >= 0.3 is 0 Å². The van der Waals surface area contributed by atoms with E-state index in [0.29, 0.717) is 37.9 Å². The Hall–Kier alpha value is -1.51. The van der Waals surface area contributed by atoms with E-state index in [2.05, 4.69) is 15.0 Å². The van der Waals surface area contributed by atoms with Crippen LogP contribution in [0.15, 0.2) is 4.52 Å². The summed E-state index contributed by atoms with van der Waals surface area (Å²) in [5.74, 6) is 1.50. The molecule has 146 valence electrons. The largest absolute Gasteiger partial charge is 0.385 e. The molecule has 0 aliphatic carbocycles. The zero-order valence-electron chi connectivity index (χ0n) is 15.9. The van der Waals surface area contributed by atoms with E-state index in [0.717, 1.165) is 45.4 Å². The number of nitrogens with zero attached hydrogens (tertiary/aromatic N) is 4. The number of aromatic nitrogens is 2. The number of methoxy groups -OCH3 is 2. The summed E-state index contributed by atoms with van der Waals surface area (Å²) < 4.78 is 15.5. The van der Waals surface area contributed by atoms with E-state index < -0.39 is 0 Å². The van der Waals surface area contributed by atoms with Crippen molar-refractivity contribution in [3.8, 4) is 0 Å². The van der Waals surface area contributed by atoms with Crippen molar-refractivity contribution in [1.82, 2.24) is 19.9 Å². The lowest BCUT2D eigenvalue weighted by Gasteiger charge is -2.48. The number of hydrogen-bond donors (Lipinski definition) is 0. The minimum absolute atomic E-state index is 0.189. The van der Waals surface area contributed by atoms with Crippen LogP contribution >= 0.6 is 0 Å². The van der Waals surface area contributed by atoms with Crippen LogP contribution in [0.25, 0.3) is 0 Å². The first-order valence-corrected chi connectivity index (χ1v) is 9.44. The highest BCUT2D eigenvalue weighted by molar-refractivity contribution is 5.77. The number of amides is 1. The van der Waals surface area contributed by atoms with Crippen LogP contribution in [0.5, 0.6) is 0 Å². The van der Waals surface area contributed by atoms with Crippen molar-refractivity contribution in [2.24, 2.45) is 5.41 Å². The highest BCUT2D eigenvalue weighted by atomic mass is 16.5. The van der Waals surface area contributed by atoms with Crippen molar-refractivity contribution in [1.29, 1.82) is 0 Å². The van der Waals surface area contributed by atoms with Gasteiger partial charge < -0.3 is 18.9 Å². The molecule has 2 aliphatic rings. The third kappa shape index (κ3) is 4.81. The minimum Gasteiger partial charge on any atom is -0.385 e. The number of ether oxygens (including phenoxy) is 2. The molecule has 0 N–H and O–H groups in total. The summed E-state index contributed by atoms with van der Waals surface area (Å²) in [5, 5.41) is 3.94. The SMILES string of the molecule is COCCCN1C[C@]2(CCCN(Cc3nc(COC)no3)C2)CCC1=O. The molecule has 2 aliphatic heterocycles. The van der Waals surface area contributed by atoms with E-state index in [1.807, 2.05) is 4.90 Å². The first-order chi connectivity index (χ1) is 12.6. The number of likely N-dealkylation sites (tertiary alicyclic amines) is 2. The van der Waals surface area contributed by atoms with Gasteiger partial charge in [-0.3, -0.25) is 9.69 Å². The number of carbonyl (C=O) groups is 1. The first-order valence-electron chi connectivity index (χ1n) is 9.44. The van der Waals surface area contributed by atoms with Crippen LogP contribution in [0.2, 0.25) is 0 Å². The fraction of sp³-hybridized carbons (Fsp3) is 0.833. The van der Waals surface area contributed by atoms with Crippen LogP contribution in [-0.2, 0) is 27.4 Å². The third-order valence-corrected chi connectivity index (χ3v) is 5.41. The highest BCUT2D eigenvalue weighted by Gasteiger charge is 2.41. The fourth-order valence-electron chi connectivity index (χ4n) is 4.22. The Balaban J connectivity index is 1.58. The predicted octanol–water partition coefficient (Wildman–Crippen LogP) is 1.46. The molecule has 0 unspecified atom stereocenters. The second-order valence-electron chi connectivity index (χ2n) is 7.51. The van der Waals surface area contributed by atoms with Gasteiger partial charge in [-0.05, 0) is 32.2 Å². The molecular formula is C18H30N4O4. The topological polar surface area (TPSA) is 80.9 Å². The smallest absolute Gasteiger partial charge is 0.240 e. The zero-order chi connectivity index (χ0) is 18.4. The maximum atomic E-state index is 12.3. The standard InChI is InChI=1S/C18H30N4O4/c1-24-10-4-9-22-14-18(7-5-17(22)23)6-3-8-21(13-18)11-16-19-15(12-25-2)20-26-16/h3-14H2,1-2H3/t18-/m1/s1. The van der Waals surface area contributed by atoms with E-state index in [4.69, 9.17) is 14.0 Å². The van der Waals surface area contributed by atoms with Crippen LogP contribution in [-0.4, -0.2) is 72.9 Å². The summed E-state index contributed by atoms with van der Waals surface area (Å²) in [7, 11) is 3.32. The van der Waals surface area contributed by atoms with E-state index in [9.17, 15) is 4.79 Å². The second-order valence-corrected chi connectivity index (χ2v) is 7.51. The quantitative estimate of drug-likeness (QED) is 0.644. The van der Waals surface area contributed by atoms with Gasteiger partial charge in [-0.2, -0.15) is 4.98 Å². The molecule has 1 spiro atoms. The monoisotopic (exact) mass is 366 g/mol. The number of rotatable bonds is 8. The summed E-state index contributed by atoms with van der Waals surface area (Å²) >= 11 is 0. The maximum absolute atomic E-state index is 12.3. The van der Waals surface area contributed by atoms with Crippen LogP contribution in [0.1, 0.15) is 43.8 Å². The van der Waals surface area contributed by atoms with Crippen LogP contribution in [0, 0.1) is 5.41 Å². The lowest BCUT2D eigenvalue weighted by Crippen LogP contribution is -2.54. The second kappa shape index (κ2) is 8.92. The van der Waals surface area contributed by atoms with Crippen LogP contribution < -0.4 is 0 Å². The van der Waals surface area contributed by atoms with Crippen molar-refractivity contribution < 1.29 is 18.8 Å². The van der Waals surface area contributed by atoms with Gasteiger partial charge in [0.25, 0.3) is 0 Å². The van der Waals surface area contributed by atoms with Crippen molar-refractivity contribution in [3.05, 3.63) is 11.7 Å². The fourth-order valence-corrected chi connectivity index (χ4v) is 4.22. The summed E-state index contributed by atoms with van der Waals surface area (Å²) in [6.07, 6.45) is 4.84. The molecule has 1 aromatic heterocycles. The third-order valence-electron chi connectivity index (χ3n) is 5.41. The van der Waals surface area contributed by atoms with Crippen molar-refractivity contribution in [2.45, 2.75) is 45.3 Å². The van der Waals surface area contributed by atoms with Crippen molar-refractivity contribution in [2.75, 3.05) is 47.0 Å². The average Bonchev–Trinajstić information content (AvgIpc) is 3.06. The molecule has 0 radical (unpaired) electrons. The summed E-state index contributed by atoms with van der Waals surface area (Å²) in [6, 6.07) is 0. The molecule has 3 heterocycles. The van der Waals surface area contributed by atoms with Gasteiger partial charge in [0.15, 0.2) is 5.82 Å². The van der Waals surface area contributed by atoms with E-state index in [1.165, 1.54) is 6.42 Å². The maximum Gasteiger partial charge on any atom is 0.240 e. The summed E-state index contributed by atoms with van der Waals surface area (Å²) in [6.45, 7) is 5.37. The van der Waals surface area contributed by atoms with E-state index >= 15 is 0 Å². The average molecular weight is 366 g/mol. The van der Waals surface area contributed by atoms with Crippen LogP contribution in [0.4, 0.5) is 0 Å². The molecule has 8 nitrogen and oxygen atoms in total. The molecule has 26 heavy (non-hydrogen) atoms. The Labute approximate surface area is 154 Å². The number of hydrogen-bond acceptors (Lipinski definition) is 7. The molecule has 0 aromatic carbocycles. The van der Waals surface area contributed by atoms with Gasteiger partial charge in [0.1, 0.15) is 6.61 Å². The van der Waals surface area contributed by atoms with Gasteiger partial charge in [0.05, 0.1) is 6.54 Å². The highest BCUT2D eigenvalue weighted by Crippen LogP contribution is 2.39. The molecule has 3 rings (SSSR count). The molecule has 2 fully saturated rings. The molecule has 0 bridgehead atoms. The van der Waals surface area contributed by atoms with E-state index in [1.54, 1.807) is 14.2 Å². The first kappa shape index (κ1) is 19.3. The van der Waals surface area contributed by atoms with Gasteiger partial charge in [0.2, 0.25) is 11.8 Å². The zero-order valence-corrected chi connectivity index (χ0v) is 15.9. The Morgan fingerprint density at radius 2 is 2.12 bits per heavy atom. The van der Waals surface area contributed by atoms with E-state index in [-0.39, 0.29) is 11.3 Å². The molecule has 0 saturated carbocycles. The lowest BCUT2D eigenvalue weighted by atomic mass is 9.73. The molecule has 1 aromatic rings. The van der Waals surface area contributed by atoms with Gasteiger partial charge in [-0.25, -0.2) is 0 Å². The van der Waals surface area contributed by atoms with Crippen LogP contribution in [0.3, 0.4) is 0 Å². The Bertz CT molecular complexity index is 594. The molecule has 2 saturated heterocycles. The van der Waals surface area contributed by atoms with Gasteiger partial charge in [-0.1, -0.05) is 5.16 Å². The number of carbonyl (C=O) groups excluding carboxylic acids is 1. The Kier molecular flexibility index (Phi) is 6.61. The molecular weight excluding hydrogens is 336 g/mol. The minimum atomic E-state index is 0.189. The van der Waals surface area contributed by atoms with Crippen molar-refractivity contribution >= 4 is 5.91 Å². The lowest BCUT2D eigenvalue weighted by molar-refractivity contribution is -0.139. The predicted molar refractivity (Wildman–Crippen MR) is 94.3 cm³/mol.